The number of rotatable bonds is 5. The fourth-order valence-electron chi connectivity index (χ4n) is 2.41. The highest BCUT2D eigenvalue weighted by atomic mass is 32.2. The number of halogens is 2. The first-order valence-electron chi connectivity index (χ1n) is 7.22. The molecular weight excluding hydrogens is 328 g/mol. The zero-order chi connectivity index (χ0) is 17.0. The fourth-order valence-corrected chi connectivity index (χ4v) is 3.87. The zero-order valence-electron chi connectivity index (χ0n) is 12.8. The normalized spacial score (nSPS) is 17.2. The van der Waals surface area contributed by atoms with Crippen molar-refractivity contribution in [2.75, 3.05) is 39.3 Å². The van der Waals surface area contributed by atoms with E-state index in [-0.39, 0.29) is 19.0 Å². The summed E-state index contributed by atoms with van der Waals surface area (Å²) >= 11 is 0. The van der Waals surface area contributed by atoms with Crippen LogP contribution in [0.25, 0.3) is 0 Å². The number of hydrogen-bond acceptors (Lipinski definition) is 4. The predicted molar refractivity (Wildman–Crippen MR) is 80.2 cm³/mol. The average Bonchev–Trinajstić information content (AvgIpc) is 2.47. The molecule has 1 aromatic rings. The number of carbonyl (C=O) groups excluding carboxylic acids is 1. The summed E-state index contributed by atoms with van der Waals surface area (Å²) in [6.07, 6.45) is 0. The minimum atomic E-state index is -3.97. The molecule has 0 bridgehead atoms. The summed E-state index contributed by atoms with van der Waals surface area (Å²) in [6, 6.07) is 2.44. The van der Waals surface area contributed by atoms with Crippen LogP contribution >= 0.6 is 0 Å². The Morgan fingerprint density at radius 2 is 1.87 bits per heavy atom. The van der Waals surface area contributed by atoms with E-state index in [0.717, 1.165) is 12.1 Å². The monoisotopic (exact) mass is 347 g/mol. The Labute approximate surface area is 134 Å². The number of benzene rings is 1. The van der Waals surface area contributed by atoms with Gasteiger partial charge in [-0.2, -0.15) is 4.31 Å². The number of nitrogens with zero attached hydrogens (tertiary/aromatic N) is 2. The number of sulfonamides is 1. The molecule has 1 heterocycles. The Morgan fingerprint density at radius 1 is 1.22 bits per heavy atom. The lowest BCUT2D eigenvalue weighted by molar-refractivity contribution is -0.119. The van der Waals surface area contributed by atoms with Gasteiger partial charge in [0.1, 0.15) is 16.5 Å². The van der Waals surface area contributed by atoms with E-state index in [9.17, 15) is 22.0 Å². The van der Waals surface area contributed by atoms with E-state index < -0.39 is 26.6 Å². The molecule has 1 saturated heterocycles. The Morgan fingerprint density at radius 3 is 2.43 bits per heavy atom. The van der Waals surface area contributed by atoms with E-state index >= 15 is 0 Å². The van der Waals surface area contributed by atoms with E-state index in [0.29, 0.717) is 32.2 Å². The summed E-state index contributed by atoms with van der Waals surface area (Å²) in [5.74, 6) is -2.01. The van der Waals surface area contributed by atoms with Gasteiger partial charge < -0.3 is 5.32 Å². The van der Waals surface area contributed by atoms with Crippen LogP contribution in [0.5, 0.6) is 0 Å². The molecular formula is C14H19F2N3O3S. The van der Waals surface area contributed by atoms with Crippen LogP contribution in [0.2, 0.25) is 0 Å². The first-order chi connectivity index (χ1) is 10.8. The van der Waals surface area contributed by atoms with Crippen LogP contribution in [0.1, 0.15) is 6.92 Å². The van der Waals surface area contributed by atoms with Crippen LogP contribution in [0.4, 0.5) is 8.78 Å². The van der Waals surface area contributed by atoms with E-state index in [2.05, 4.69) is 5.32 Å². The maximum atomic E-state index is 13.7. The highest BCUT2D eigenvalue weighted by Gasteiger charge is 2.30. The summed E-state index contributed by atoms with van der Waals surface area (Å²) in [5.41, 5.74) is 0. The minimum absolute atomic E-state index is 0.113. The second-order valence-electron chi connectivity index (χ2n) is 5.30. The number of amides is 1. The molecule has 0 radical (unpaired) electrons. The molecule has 1 amide bonds. The first kappa shape index (κ1) is 17.8. The fraction of sp³-hybridized carbons (Fsp3) is 0.500. The summed E-state index contributed by atoms with van der Waals surface area (Å²) < 4.78 is 52.7. The van der Waals surface area contributed by atoms with E-state index in [1.165, 1.54) is 11.2 Å². The Kier molecular flexibility index (Phi) is 5.66. The summed E-state index contributed by atoms with van der Waals surface area (Å²) in [4.78, 5) is 12.3. The Hall–Kier alpha value is -1.58. The van der Waals surface area contributed by atoms with Crippen LogP contribution in [-0.4, -0.2) is 62.8 Å². The van der Waals surface area contributed by atoms with Gasteiger partial charge in [0.25, 0.3) is 0 Å². The van der Waals surface area contributed by atoms with E-state index in [4.69, 9.17) is 0 Å². The van der Waals surface area contributed by atoms with Gasteiger partial charge in [-0.3, -0.25) is 9.69 Å². The van der Waals surface area contributed by atoms with Gasteiger partial charge >= 0.3 is 0 Å². The Balaban J connectivity index is 1.97. The molecule has 0 aliphatic carbocycles. The van der Waals surface area contributed by atoms with Gasteiger partial charge in [0.2, 0.25) is 15.9 Å². The molecule has 1 aliphatic heterocycles. The van der Waals surface area contributed by atoms with Crippen molar-refractivity contribution in [1.29, 1.82) is 0 Å². The predicted octanol–water partition coefficient (Wildman–Crippen LogP) is 0.407. The molecule has 1 aliphatic rings. The van der Waals surface area contributed by atoms with Gasteiger partial charge in [0, 0.05) is 52.3 Å². The molecule has 9 heteroatoms. The molecule has 1 aromatic carbocycles. The second kappa shape index (κ2) is 7.33. The lowest BCUT2D eigenvalue weighted by Crippen LogP contribution is -2.50. The van der Waals surface area contributed by atoms with E-state index in [1.807, 2.05) is 4.90 Å². The van der Waals surface area contributed by atoms with Gasteiger partial charge in [-0.15, -0.1) is 0 Å². The molecule has 0 aromatic heterocycles. The van der Waals surface area contributed by atoms with Crippen LogP contribution in [-0.2, 0) is 14.8 Å². The molecule has 0 atom stereocenters. The number of piperazine rings is 1. The maximum absolute atomic E-state index is 13.7. The van der Waals surface area contributed by atoms with E-state index in [1.54, 1.807) is 0 Å². The minimum Gasteiger partial charge on any atom is -0.355 e. The third-order valence-corrected chi connectivity index (χ3v) is 5.58. The third kappa shape index (κ3) is 4.46. The standard InChI is InChI=1S/C14H19F2N3O3S/c1-11(20)17-4-5-18-6-8-19(9-7-18)23(21,22)14-3-2-12(15)10-13(14)16/h2-3,10H,4-9H2,1H3,(H,17,20). The largest absolute Gasteiger partial charge is 0.355 e. The quantitative estimate of drug-likeness (QED) is 0.838. The SMILES string of the molecule is CC(=O)NCCN1CCN(S(=O)(=O)c2ccc(F)cc2F)CC1. The van der Waals surface area contributed by atoms with Crippen molar-refractivity contribution in [1.82, 2.24) is 14.5 Å². The molecule has 1 fully saturated rings. The van der Waals surface area contributed by atoms with Crippen LogP contribution in [0.15, 0.2) is 23.1 Å². The van der Waals surface area contributed by atoms with Crippen LogP contribution in [0, 0.1) is 11.6 Å². The molecule has 0 unspecified atom stereocenters. The second-order valence-corrected chi connectivity index (χ2v) is 7.21. The van der Waals surface area contributed by atoms with Gasteiger partial charge in [-0.25, -0.2) is 17.2 Å². The Bertz CT molecular complexity index is 674. The highest BCUT2D eigenvalue weighted by molar-refractivity contribution is 7.89. The molecule has 1 N–H and O–H groups in total. The number of hydrogen-bond donors (Lipinski definition) is 1. The lowest BCUT2D eigenvalue weighted by Gasteiger charge is -2.33. The van der Waals surface area contributed by atoms with Crippen molar-refractivity contribution in [3.8, 4) is 0 Å². The lowest BCUT2D eigenvalue weighted by atomic mass is 10.3. The zero-order valence-corrected chi connectivity index (χ0v) is 13.6. The van der Waals surface area contributed by atoms with Gasteiger partial charge in [0.05, 0.1) is 0 Å². The molecule has 23 heavy (non-hydrogen) atoms. The topological polar surface area (TPSA) is 69.7 Å². The number of carbonyl (C=O) groups is 1. The van der Waals surface area contributed by atoms with Crippen molar-refractivity contribution in [3.63, 3.8) is 0 Å². The van der Waals surface area contributed by atoms with Crippen LogP contribution in [0.3, 0.4) is 0 Å². The highest BCUT2D eigenvalue weighted by Crippen LogP contribution is 2.21. The van der Waals surface area contributed by atoms with Gasteiger partial charge in [-0.05, 0) is 12.1 Å². The number of nitrogens with one attached hydrogen (secondary N) is 1. The first-order valence-corrected chi connectivity index (χ1v) is 8.66. The van der Waals surface area contributed by atoms with Gasteiger partial charge in [-0.1, -0.05) is 0 Å². The molecule has 128 valence electrons. The van der Waals surface area contributed by atoms with Crippen molar-refractivity contribution in [3.05, 3.63) is 29.8 Å². The molecule has 6 nitrogen and oxygen atoms in total. The molecule has 0 saturated carbocycles. The van der Waals surface area contributed by atoms with Crippen molar-refractivity contribution in [2.45, 2.75) is 11.8 Å². The third-order valence-electron chi connectivity index (χ3n) is 3.64. The average molecular weight is 347 g/mol. The summed E-state index contributed by atoms with van der Waals surface area (Å²) in [5, 5.41) is 2.68. The van der Waals surface area contributed by atoms with Crippen LogP contribution < -0.4 is 5.32 Å². The van der Waals surface area contributed by atoms with Crippen molar-refractivity contribution in [2.24, 2.45) is 0 Å². The smallest absolute Gasteiger partial charge is 0.246 e. The summed E-state index contributed by atoms with van der Waals surface area (Å²) in [7, 11) is -3.97. The maximum Gasteiger partial charge on any atom is 0.246 e. The molecule has 2 rings (SSSR count). The van der Waals surface area contributed by atoms with Crippen molar-refractivity contribution >= 4 is 15.9 Å². The van der Waals surface area contributed by atoms with Crippen molar-refractivity contribution < 1.29 is 22.0 Å². The summed E-state index contributed by atoms with van der Waals surface area (Å²) in [6.45, 7) is 3.97. The van der Waals surface area contributed by atoms with Gasteiger partial charge in [0.15, 0.2) is 0 Å². The molecule has 0 spiro atoms.